The maximum Gasteiger partial charge on any atom is 0.305 e. The molecule has 1 aliphatic carbocycles. The number of carbonyl (C=O) groups excluding carboxylic acids is 1. The van der Waals surface area contributed by atoms with Crippen LogP contribution in [0.4, 0.5) is 0 Å². The molecule has 0 bridgehead atoms. The van der Waals surface area contributed by atoms with Gasteiger partial charge >= 0.3 is 5.97 Å². The monoisotopic (exact) mass is 390 g/mol. The highest BCUT2D eigenvalue weighted by atomic mass is 16.5. The molecule has 0 aromatic carbocycles. The highest BCUT2D eigenvalue weighted by Gasteiger charge is 2.13. The number of aliphatic hydroxyl groups is 2. The molecule has 1 aliphatic rings. The number of methoxy groups -OCH3 is 1. The lowest BCUT2D eigenvalue weighted by molar-refractivity contribution is -0.140. The topological polar surface area (TPSA) is 66.8 Å². The highest BCUT2D eigenvalue weighted by molar-refractivity contribution is 5.68. The number of hydrogen-bond acceptors (Lipinski definition) is 4. The molecular formula is C24H38O4. The van der Waals surface area contributed by atoms with Crippen LogP contribution in [0.25, 0.3) is 0 Å². The third-order valence-electron chi connectivity index (χ3n) is 4.98. The predicted molar refractivity (Wildman–Crippen MR) is 115 cm³/mol. The van der Waals surface area contributed by atoms with Gasteiger partial charge in [-0.25, -0.2) is 0 Å². The molecule has 0 saturated heterocycles. The highest BCUT2D eigenvalue weighted by Crippen LogP contribution is 2.23. The van der Waals surface area contributed by atoms with E-state index in [1.807, 2.05) is 12.2 Å². The number of aliphatic hydroxyl groups excluding tert-OH is 2. The Morgan fingerprint density at radius 3 is 2.79 bits per heavy atom. The Kier molecular flexibility index (Phi) is 13.3. The van der Waals surface area contributed by atoms with Crippen LogP contribution < -0.4 is 0 Å². The zero-order valence-electron chi connectivity index (χ0n) is 17.6. The maximum atomic E-state index is 11.1. The molecule has 0 radical (unpaired) electrons. The molecule has 4 nitrogen and oxygen atoms in total. The fourth-order valence-electron chi connectivity index (χ4n) is 3.22. The summed E-state index contributed by atoms with van der Waals surface area (Å²) in [4.78, 5) is 11.1. The molecule has 1 rings (SSSR count). The van der Waals surface area contributed by atoms with Gasteiger partial charge in [-0.2, -0.15) is 0 Å². The van der Waals surface area contributed by atoms with E-state index in [-0.39, 0.29) is 12.4 Å². The van der Waals surface area contributed by atoms with Gasteiger partial charge in [0.2, 0.25) is 0 Å². The second kappa shape index (κ2) is 15.3. The SMILES string of the molecule is CCCCCC/C=C/C1=CC(=C\C=C\C(O)C(O)CCCC(=O)OC)/CCC1. The first-order valence-corrected chi connectivity index (χ1v) is 10.7. The number of carbonyl (C=O) groups is 1. The molecule has 0 saturated carbocycles. The third-order valence-corrected chi connectivity index (χ3v) is 4.98. The Morgan fingerprint density at radius 2 is 2.04 bits per heavy atom. The van der Waals surface area contributed by atoms with Crippen molar-refractivity contribution in [1.29, 1.82) is 0 Å². The van der Waals surface area contributed by atoms with Crippen molar-refractivity contribution in [2.45, 2.75) is 89.8 Å². The van der Waals surface area contributed by atoms with E-state index in [0.29, 0.717) is 12.8 Å². The zero-order valence-corrected chi connectivity index (χ0v) is 17.6. The number of hydrogen-bond donors (Lipinski definition) is 2. The summed E-state index contributed by atoms with van der Waals surface area (Å²) >= 11 is 0. The van der Waals surface area contributed by atoms with Crippen molar-refractivity contribution in [3.05, 3.63) is 47.6 Å². The van der Waals surface area contributed by atoms with Crippen LogP contribution in [0, 0.1) is 0 Å². The van der Waals surface area contributed by atoms with Gasteiger partial charge in [-0.15, -0.1) is 0 Å². The first-order chi connectivity index (χ1) is 13.6. The Labute approximate surface area is 170 Å². The lowest BCUT2D eigenvalue weighted by Gasteiger charge is -2.14. The van der Waals surface area contributed by atoms with E-state index in [2.05, 4.69) is 29.9 Å². The Morgan fingerprint density at radius 1 is 1.21 bits per heavy atom. The van der Waals surface area contributed by atoms with E-state index in [1.54, 1.807) is 6.08 Å². The van der Waals surface area contributed by atoms with E-state index in [4.69, 9.17) is 0 Å². The van der Waals surface area contributed by atoms with Gasteiger partial charge in [0.25, 0.3) is 0 Å². The van der Waals surface area contributed by atoms with Gasteiger partial charge < -0.3 is 14.9 Å². The first kappa shape index (κ1) is 24.4. The van der Waals surface area contributed by atoms with Gasteiger partial charge in [0.05, 0.1) is 19.3 Å². The van der Waals surface area contributed by atoms with Crippen molar-refractivity contribution in [3.8, 4) is 0 Å². The van der Waals surface area contributed by atoms with Crippen molar-refractivity contribution in [3.63, 3.8) is 0 Å². The maximum absolute atomic E-state index is 11.1. The molecule has 0 aromatic heterocycles. The van der Waals surface area contributed by atoms with Crippen LogP contribution in [-0.4, -0.2) is 35.5 Å². The fraction of sp³-hybridized carbons (Fsp3) is 0.625. The number of ether oxygens (including phenoxy) is 1. The van der Waals surface area contributed by atoms with E-state index < -0.39 is 12.2 Å². The molecule has 2 unspecified atom stereocenters. The number of rotatable bonds is 13. The van der Waals surface area contributed by atoms with Crippen LogP contribution in [0.15, 0.2) is 47.6 Å². The summed E-state index contributed by atoms with van der Waals surface area (Å²) in [6.45, 7) is 2.23. The molecule has 158 valence electrons. The van der Waals surface area contributed by atoms with Crippen molar-refractivity contribution >= 4 is 5.97 Å². The second-order valence-electron chi connectivity index (χ2n) is 7.48. The summed E-state index contributed by atoms with van der Waals surface area (Å²) in [6, 6.07) is 0. The quantitative estimate of drug-likeness (QED) is 0.336. The van der Waals surface area contributed by atoms with Crippen molar-refractivity contribution in [1.82, 2.24) is 0 Å². The number of unbranched alkanes of at least 4 members (excludes halogenated alkanes) is 4. The van der Waals surface area contributed by atoms with Gasteiger partial charge in [0.1, 0.15) is 0 Å². The second-order valence-corrected chi connectivity index (χ2v) is 7.48. The number of esters is 1. The molecule has 0 spiro atoms. The summed E-state index contributed by atoms with van der Waals surface area (Å²) < 4.78 is 4.56. The predicted octanol–water partition coefficient (Wildman–Crippen LogP) is 5.17. The van der Waals surface area contributed by atoms with Crippen LogP contribution in [0.1, 0.15) is 77.6 Å². The first-order valence-electron chi connectivity index (χ1n) is 10.7. The fourth-order valence-corrected chi connectivity index (χ4v) is 3.22. The van der Waals surface area contributed by atoms with E-state index >= 15 is 0 Å². The molecule has 2 atom stereocenters. The minimum atomic E-state index is -0.926. The molecule has 4 heteroatoms. The molecule has 0 amide bonds. The van der Waals surface area contributed by atoms with Crippen LogP contribution in [0.5, 0.6) is 0 Å². The smallest absolute Gasteiger partial charge is 0.305 e. The summed E-state index contributed by atoms with van der Waals surface area (Å²) in [5, 5.41) is 20.0. The van der Waals surface area contributed by atoms with E-state index in [9.17, 15) is 15.0 Å². The summed E-state index contributed by atoms with van der Waals surface area (Å²) in [5.41, 5.74) is 2.62. The largest absolute Gasteiger partial charge is 0.469 e. The lowest BCUT2D eigenvalue weighted by Crippen LogP contribution is -2.23. The normalized spacial score (nSPS) is 18.6. The van der Waals surface area contributed by atoms with Gasteiger partial charge in [0.15, 0.2) is 0 Å². The van der Waals surface area contributed by atoms with E-state index in [0.717, 1.165) is 25.7 Å². The molecule has 0 aromatic rings. The standard InChI is InChI=1S/C24H38O4/c1-3-4-5-6-7-8-12-20-13-9-14-21(19-20)15-10-16-22(25)23(26)17-11-18-24(27)28-2/h8,10,12,15-16,19,22-23,25-26H,3-7,9,11,13-14,17-18H2,1-2H3/b12-8+,16-10+,21-15-. The number of allylic oxidation sites excluding steroid dienone is 7. The summed E-state index contributed by atoms with van der Waals surface area (Å²) in [6.07, 6.45) is 21.2. The van der Waals surface area contributed by atoms with Gasteiger partial charge in [-0.1, -0.05) is 62.6 Å². The van der Waals surface area contributed by atoms with Crippen LogP contribution >= 0.6 is 0 Å². The van der Waals surface area contributed by atoms with Crippen LogP contribution in [0.3, 0.4) is 0 Å². The molecule has 28 heavy (non-hydrogen) atoms. The zero-order chi connectivity index (χ0) is 20.6. The average molecular weight is 391 g/mol. The molecular weight excluding hydrogens is 352 g/mol. The van der Waals surface area contributed by atoms with Gasteiger partial charge in [-0.3, -0.25) is 4.79 Å². The minimum Gasteiger partial charge on any atom is -0.469 e. The van der Waals surface area contributed by atoms with Crippen molar-refractivity contribution < 1.29 is 19.7 Å². The molecule has 2 N–H and O–H groups in total. The van der Waals surface area contributed by atoms with E-state index in [1.165, 1.54) is 43.9 Å². The molecule has 0 heterocycles. The van der Waals surface area contributed by atoms with Crippen molar-refractivity contribution in [2.75, 3.05) is 7.11 Å². The van der Waals surface area contributed by atoms with Crippen LogP contribution in [0.2, 0.25) is 0 Å². The van der Waals surface area contributed by atoms with Gasteiger partial charge in [-0.05, 0) is 56.1 Å². The Balaban J connectivity index is 2.42. The molecule has 0 fully saturated rings. The lowest BCUT2D eigenvalue weighted by atomic mass is 9.94. The third kappa shape index (κ3) is 11.3. The van der Waals surface area contributed by atoms with Gasteiger partial charge in [0, 0.05) is 6.42 Å². The summed E-state index contributed by atoms with van der Waals surface area (Å²) in [7, 11) is 1.35. The summed E-state index contributed by atoms with van der Waals surface area (Å²) in [5.74, 6) is -0.295. The molecule has 0 aliphatic heterocycles. The Hall–Kier alpha value is -1.65. The average Bonchev–Trinajstić information content (AvgIpc) is 2.70. The van der Waals surface area contributed by atoms with Crippen LogP contribution in [-0.2, 0) is 9.53 Å². The Bertz CT molecular complexity index is 557. The minimum absolute atomic E-state index is 0.258. The van der Waals surface area contributed by atoms with Crippen molar-refractivity contribution in [2.24, 2.45) is 0 Å².